The molecule has 0 atom stereocenters. The molecular formula is C18H14N4O4S. The molecule has 0 aliphatic carbocycles. The third-order valence-corrected chi connectivity index (χ3v) is 4.41. The third-order valence-electron chi connectivity index (χ3n) is 3.73. The minimum absolute atomic E-state index is 0.114. The molecule has 2 amide bonds. The highest BCUT2D eigenvalue weighted by molar-refractivity contribution is 7.13. The molecule has 0 aliphatic rings. The van der Waals surface area contributed by atoms with E-state index in [1.54, 1.807) is 42.8 Å². The molecule has 3 aromatic rings. The van der Waals surface area contributed by atoms with Crippen molar-refractivity contribution < 1.29 is 14.5 Å². The largest absolute Gasteiger partial charge is 0.322 e. The Morgan fingerprint density at radius 2 is 1.70 bits per heavy atom. The molecule has 8 nitrogen and oxygen atoms in total. The van der Waals surface area contributed by atoms with Gasteiger partial charge in [0.25, 0.3) is 17.5 Å². The van der Waals surface area contributed by atoms with E-state index in [-0.39, 0.29) is 17.2 Å². The molecule has 0 unspecified atom stereocenters. The predicted octanol–water partition coefficient (Wildman–Crippen LogP) is 3.86. The maximum Gasteiger partial charge on any atom is 0.273 e. The quantitative estimate of drug-likeness (QED) is 0.514. The summed E-state index contributed by atoms with van der Waals surface area (Å²) >= 11 is 1.31. The molecule has 3 rings (SSSR count). The van der Waals surface area contributed by atoms with Crippen LogP contribution in [-0.4, -0.2) is 21.7 Å². The summed E-state index contributed by atoms with van der Waals surface area (Å²) in [4.78, 5) is 38.9. The Morgan fingerprint density at radius 3 is 2.33 bits per heavy atom. The highest BCUT2D eigenvalue weighted by Crippen LogP contribution is 2.20. The van der Waals surface area contributed by atoms with E-state index in [4.69, 9.17) is 0 Å². The Hall–Kier alpha value is -3.59. The highest BCUT2D eigenvalue weighted by Gasteiger charge is 2.15. The minimum atomic E-state index is -0.526. The molecule has 0 radical (unpaired) electrons. The van der Waals surface area contributed by atoms with Gasteiger partial charge in [0.1, 0.15) is 0 Å². The zero-order chi connectivity index (χ0) is 19.4. The first-order valence-corrected chi connectivity index (χ1v) is 8.69. The van der Waals surface area contributed by atoms with Crippen LogP contribution in [0.25, 0.3) is 0 Å². The van der Waals surface area contributed by atoms with Crippen LogP contribution in [0, 0.1) is 17.0 Å². The number of benzene rings is 2. The van der Waals surface area contributed by atoms with Crippen molar-refractivity contribution in [3.8, 4) is 0 Å². The number of thiazole rings is 1. The van der Waals surface area contributed by atoms with Crippen molar-refractivity contribution in [1.29, 1.82) is 0 Å². The number of hydrogen-bond donors (Lipinski definition) is 2. The van der Waals surface area contributed by atoms with Gasteiger partial charge in [-0.05, 0) is 37.3 Å². The maximum atomic E-state index is 12.3. The first-order valence-electron chi connectivity index (χ1n) is 7.81. The summed E-state index contributed by atoms with van der Waals surface area (Å²) in [7, 11) is 0. The second-order valence-corrected chi connectivity index (χ2v) is 6.48. The first-order chi connectivity index (χ1) is 12.9. The fraction of sp³-hybridized carbons (Fsp3) is 0.0556. The maximum absolute atomic E-state index is 12.3. The van der Waals surface area contributed by atoms with Gasteiger partial charge in [0.2, 0.25) is 0 Å². The van der Waals surface area contributed by atoms with Crippen LogP contribution in [0.15, 0.2) is 54.0 Å². The SMILES string of the molecule is Cc1ccc(C(=O)Nc2ccc(C(=O)Nc3nccs3)cc2)cc1[N+](=O)[O-]. The Labute approximate surface area is 158 Å². The fourth-order valence-corrected chi connectivity index (χ4v) is 2.83. The second kappa shape index (κ2) is 7.75. The third kappa shape index (κ3) is 4.33. The van der Waals surface area contributed by atoms with E-state index >= 15 is 0 Å². The average Bonchev–Trinajstić information content (AvgIpc) is 3.15. The lowest BCUT2D eigenvalue weighted by atomic mass is 10.1. The van der Waals surface area contributed by atoms with Crippen LogP contribution in [0.2, 0.25) is 0 Å². The fourth-order valence-electron chi connectivity index (χ4n) is 2.31. The number of carbonyl (C=O) groups excluding carboxylic acids is 2. The standard InChI is InChI=1S/C18H14N4O4S/c1-11-2-3-13(10-15(11)22(25)26)17(24)20-14-6-4-12(5-7-14)16(23)21-18-19-8-9-27-18/h2-10H,1H3,(H,20,24)(H,19,21,23). The van der Waals surface area contributed by atoms with Gasteiger partial charge in [-0.15, -0.1) is 11.3 Å². The number of rotatable bonds is 5. The van der Waals surface area contributed by atoms with E-state index in [1.165, 1.54) is 29.5 Å². The highest BCUT2D eigenvalue weighted by atomic mass is 32.1. The molecule has 0 spiro atoms. The van der Waals surface area contributed by atoms with Crippen molar-refractivity contribution in [2.45, 2.75) is 6.92 Å². The summed E-state index contributed by atoms with van der Waals surface area (Å²) < 4.78 is 0. The Kier molecular flexibility index (Phi) is 5.23. The van der Waals surface area contributed by atoms with E-state index in [0.29, 0.717) is 21.9 Å². The molecule has 0 fully saturated rings. The molecule has 2 aromatic carbocycles. The number of nitro groups is 1. The Bertz CT molecular complexity index is 1000. The van der Waals surface area contributed by atoms with Crippen LogP contribution in [0.3, 0.4) is 0 Å². The van der Waals surface area contributed by atoms with Crippen molar-refractivity contribution in [2.75, 3.05) is 10.6 Å². The van der Waals surface area contributed by atoms with Crippen LogP contribution in [-0.2, 0) is 0 Å². The molecule has 0 bridgehead atoms. The van der Waals surface area contributed by atoms with Crippen LogP contribution in [0.5, 0.6) is 0 Å². The lowest BCUT2D eigenvalue weighted by Gasteiger charge is -2.07. The van der Waals surface area contributed by atoms with E-state index in [2.05, 4.69) is 15.6 Å². The van der Waals surface area contributed by atoms with Crippen LogP contribution < -0.4 is 10.6 Å². The van der Waals surface area contributed by atoms with Crippen molar-refractivity contribution >= 4 is 39.7 Å². The zero-order valence-electron chi connectivity index (χ0n) is 14.1. The molecule has 0 saturated heterocycles. The Balaban J connectivity index is 1.69. The molecule has 27 heavy (non-hydrogen) atoms. The molecule has 136 valence electrons. The predicted molar refractivity (Wildman–Crippen MR) is 102 cm³/mol. The van der Waals surface area contributed by atoms with E-state index in [9.17, 15) is 19.7 Å². The number of anilines is 2. The summed E-state index contributed by atoms with van der Waals surface area (Å²) in [6, 6.07) is 10.6. The van der Waals surface area contributed by atoms with Crippen LogP contribution in [0.1, 0.15) is 26.3 Å². The number of nitrogens with one attached hydrogen (secondary N) is 2. The van der Waals surface area contributed by atoms with E-state index in [1.807, 2.05) is 0 Å². The van der Waals surface area contributed by atoms with Crippen molar-refractivity contribution in [3.05, 3.63) is 80.8 Å². The first kappa shape index (κ1) is 18.2. The zero-order valence-corrected chi connectivity index (χ0v) is 14.9. The van der Waals surface area contributed by atoms with Crippen molar-refractivity contribution in [2.24, 2.45) is 0 Å². The molecule has 0 aliphatic heterocycles. The van der Waals surface area contributed by atoms with Crippen LogP contribution in [0.4, 0.5) is 16.5 Å². The molecule has 1 heterocycles. The van der Waals surface area contributed by atoms with Gasteiger partial charge in [0, 0.05) is 40.0 Å². The normalized spacial score (nSPS) is 10.3. The molecule has 1 aromatic heterocycles. The average molecular weight is 382 g/mol. The van der Waals surface area contributed by atoms with Gasteiger partial charge < -0.3 is 5.32 Å². The molecule has 2 N–H and O–H groups in total. The topological polar surface area (TPSA) is 114 Å². The number of hydrogen-bond acceptors (Lipinski definition) is 6. The monoisotopic (exact) mass is 382 g/mol. The lowest BCUT2D eigenvalue weighted by Crippen LogP contribution is -2.14. The van der Waals surface area contributed by atoms with Crippen LogP contribution >= 0.6 is 11.3 Å². The Morgan fingerprint density at radius 1 is 1.04 bits per heavy atom. The summed E-state index contributed by atoms with van der Waals surface area (Å²) in [5.74, 6) is -0.782. The van der Waals surface area contributed by atoms with Gasteiger partial charge in [-0.1, -0.05) is 6.07 Å². The van der Waals surface area contributed by atoms with Gasteiger partial charge in [0.15, 0.2) is 5.13 Å². The van der Waals surface area contributed by atoms with E-state index in [0.717, 1.165) is 0 Å². The number of carbonyl (C=O) groups is 2. The second-order valence-electron chi connectivity index (χ2n) is 5.58. The van der Waals surface area contributed by atoms with Gasteiger partial charge in [-0.2, -0.15) is 0 Å². The number of aryl methyl sites for hydroxylation is 1. The smallest absolute Gasteiger partial charge is 0.273 e. The minimum Gasteiger partial charge on any atom is -0.322 e. The molecule has 0 saturated carbocycles. The summed E-state index contributed by atoms with van der Waals surface area (Å²) in [6.45, 7) is 1.61. The van der Waals surface area contributed by atoms with Gasteiger partial charge in [0.05, 0.1) is 4.92 Å². The number of amides is 2. The van der Waals surface area contributed by atoms with E-state index < -0.39 is 10.8 Å². The number of nitro benzene ring substituents is 1. The lowest BCUT2D eigenvalue weighted by molar-refractivity contribution is -0.385. The summed E-state index contributed by atoms with van der Waals surface area (Å²) in [5, 5.41) is 18.6. The van der Waals surface area contributed by atoms with Gasteiger partial charge in [-0.25, -0.2) is 4.98 Å². The number of nitrogens with zero attached hydrogens (tertiary/aromatic N) is 2. The van der Waals surface area contributed by atoms with Crippen molar-refractivity contribution in [3.63, 3.8) is 0 Å². The van der Waals surface area contributed by atoms with Gasteiger partial charge in [-0.3, -0.25) is 25.0 Å². The summed E-state index contributed by atoms with van der Waals surface area (Å²) in [6.07, 6.45) is 1.59. The molecular weight excluding hydrogens is 368 g/mol. The van der Waals surface area contributed by atoms with Gasteiger partial charge >= 0.3 is 0 Å². The summed E-state index contributed by atoms with van der Waals surface area (Å²) in [5.41, 5.74) is 1.42. The number of aromatic nitrogens is 1. The molecule has 9 heteroatoms. The van der Waals surface area contributed by atoms with Crippen molar-refractivity contribution in [1.82, 2.24) is 4.98 Å².